The normalized spacial score (nSPS) is 13.2. The number of Topliss-reactive ketones (excluding diaryl/α,β-unsaturated/α-hetero) is 1. The number of ether oxygens (including phenoxy) is 1. The van der Waals surface area contributed by atoms with Crippen LogP contribution in [0.15, 0.2) is 91.3 Å². The van der Waals surface area contributed by atoms with Gasteiger partial charge in [0.1, 0.15) is 23.3 Å². The Morgan fingerprint density at radius 2 is 1.67 bits per heavy atom. The highest BCUT2D eigenvalue weighted by molar-refractivity contribution is 5.95. The zero-order valence-corrected chi connectivity index (χ0v) is 27.1. The number of pyridine rings is 1. The summed E-state index contributed by atoms with van der Waals surface area (Å²) in [6.07, 6.45) is 1.26. The van der Waals surface area contributed by atoms with E-state index >= 15 is 0 Å². The molecule has 0 saturated heterocycles. The van der Waals surface area contributed by atoms with E-state index in [4.69, 9.17) is 10.5 Å². The standard InChI is InChI=1S/C37H40F2N4O5/c1-37(2,3)48-36(47)43-30(20-28-19-29(38)13-14-31(28)39)22-42-35(46)26-7-4-6-24(16-26)18-33(44)34(45)32(40)17-23-9-11-25(12-10-23)27-8-5-15-41-21-27/h4-16,19,21,30,32,34,45H,17-18,20,22,40H2,1-3H3,(H,42,46)(H,43,47)/t30?,32-,34+/m1/s1. The third-order valence-corrected chi connectivity index (χ3v) is 7.43. The molecule has 4 rings (SSSR count). The minimum absolute atomic E-state index is 0.0179. The van der Waals surface area contributed by atoms with Crippen LogP contribution in [0.2, 0.25) is 0 Å². The summed E-state index contributed by atoms with van der Waals surface area (Å²) in [5.74, 6) is -2.31. The lowest BCUT2D eigenvalue weighted by molar-refractivity contribution is -0.127. The van der Waals surface area contributed by atoms with Gasteiger partial charge in [-0.2, -0.15) is 0 Å². The van der Waals surface area contributed by atoms with E-state index in [2.05, 4.69) is 15.6 Å². The third-order valence-electron chi connectivity index (χ3n) is 7.43. The first-order valence-corrected chi connectivity index (χ1v) is 15.5. The van der Waals surface area contributed by atoms with E-state index in [1.807, 2.05) is 36.4 Å². The monoisotopic (exact) mass is 658 g/mol. The molecule has 0 aliphatic rings. The number of rotatable bonds is 13. The van der Waals surface area contributed by atoms with Crippen molar-refractivity contribution >= 4 is 17.8 Å². The van der Waals surface area contributed by atoms with Crippen LogP contribution in [-0.2, 0) is 28.8 Å². The van der Waals surface area contributed by atoms with Crippen molar-refractivity contribution in [2.45, 2.75) is 63.8 Å². The molecule has 48 heavy (non-hydrogen) atoms. The summed E-state index contributed by atoms with van der Waals surface area (Å²) in [6.45, 7) is 4.92. The fraction of sp³-hybridized carbons (Fsp3) is 0.297. The molecule has 1 heterocycles. The molecule has 0 fully saturated rings. The molecule has 0 saturated carbocycles. The molecule has 3 aromatic carbocycles. The maximum Gasteiger partial charge on any atom is 0.407 e. The van der Waals surface area contributed by atoms with E-state index in [0.717, 1.165) is 34.9 Å². The number of alkyl carbamates (subject to hydrolysis) is 1. The number of amides is 2. The highest BCUT2D eigenvalue weighted by Crippen LogP contribution is 2.20. The van der Waals surface area contributed by atoms with Crippen LogP contribution in [-0.4, -0.2) is 58.2 Å². The largest absolute Gasteiger partial charge is 0.444 e. The van der Waals surface area contributed by atoms with Crippen molar-refractivity contribution in [3.63, 3.8) is 0 Å². The number of benzene rings is 3. The van der Waals surface area contributed by atoms with Gasteiger partial charge in [0.15, 0.2) is 5.78 Å². The first-order chi connectivity index (χ1) is 22.8. The van der Waals surface area contributed by atoms with E-state index in [1.165, 1.54) is 6.07 Å². The van der Waals surface area contributed by atoms with Crippen molar-refractivity contribution < 1.29 is 33.0 Å². The SMILES string of the molecule is CC(C)(C)OC(=O)NC(CNC(=O)c1cccc(CC(=O)[C@@H](O)[C@H](N)Cc2ccc(-c3cccnc3)cc2)c1)Cc1cc(F)ccc1F. The number of ketones is 1. The molecule has 11 heteroatoms. The number of halogens is 2. The number of aromatic nitrogens is 1. The lowest BCUT2D eigenvalue weighted by atomic mass is 9.95. The number of nitrogens with one attached hydrogen (secondary N) is 2. The van der Waals surface area contributed by atoms with Gasteiger partial charge in [-0.1, -0.05) is 42.5 Å². The highest BCUT2D eigenvalue weighted by atomic mass is 19.1. The molecular formula is C37H40F2N4O5. The Hall–Kier alpha value is -5.00. The number of nitrogens with zero attached hydrogens (tertiary/aromatic N) is 1. The molecule has 0 radical (unpaired) electrons. The molecule has 252 valence electrons. The topological polar surface area (TPSA) is 144 Å². The van der Waals surface area contributed by atoms with Crippen LogP contribution in [0.25, 0.3) is 11.1 Å². The van der Waals surface area contributed by atoms with Crippen LogP contribution < -0.4 is 16.4 Å². The van der Waals surface area contributed by atoms with Crippen molar-refractivity contribution in [3.8, 4) is 11.1 Å². The van der Waals surface area contributed by atoms with Gasteiger partial charge in [-0.25, -0.2) is 13.6 Å². The van der Waals surface area contributed by atoms with Crippen LogP contribution >= 0.6 is 0 Å². The van der Waals surface area contributed by atoms with Crippen LogP contribution in [0.4, 0.5) is 13.6 Å². The smallest absolute Gasteiger partial charge is 0.407 e. The van der Waals surface area contributed by atoms with Crippen molar-refractivity contribution in [1.82, 2.24) is 15.6 Å². The summed E-state index contributed by atoms with van der Waals surface area (Å²) in [6, 6.07) is 19.1. The summed E-state index contributed by atoms with van der Waals surface area (Å²) >= 11 is 0. The van der Waals surface area contributed by atoms with E-state index in [9.17, 15) is 28.3 Å². The second kappa shape index (κ2) is 16.2. The molecule has 4 aromatic rings. The summed E-state index contributed by atoms with van der Waals surface area (Å²) in [5, 5.41) is 16.0. The van der Waals surface area contributed by atoms with Gasteiger partial charge in [0.2, 0.25) is 0 Å². The van der Waals surface area contributed by atoms with Crippen LogP contribution in [0.1, 0.15) is 47.8 Å². The number of hydrogen-bond donors (Lipinski definition) is 4. The van der Waals surface area contributed by atoms with Gasteiger partial charge >= 0.3 is 6.09 Å². The predicted octanol–water partition coefficient (Wildman–Crippen LogP) is 4.94. The first-order valence-electron chi connectivity index (χ1n) is 15.5. The van der Waals surface area contributed by atoms with Gasteiger partial charge in [0.05, 0.1) is 6.04 Å². The van der Waals surface area contributed by atoms with Gasteiger partial charge in [-0.05, 0) is 97.8 Å². The van der Waals surface area contributed by atoms with Gasteiger partial charge < -0.3 is 26.2 Å². The summed E-state index contributed by atoms with van der Waals surface area (Å²) in [4.78, 5) is 42.6. The summed E-state index contributed by atoms with van der Waals surface area (Å²) in [5.41, 5.74) is 8.95. The second-order valence-corrected chi connectivity index (χ2v) is 12.6. The Labute approximate surface area is 278 Å². The molecule has 1 aromatic heterocycles. The highest BCUT2D eigenvalue weighted by Gasteiger charge is 2.25. The fourth-order valence-corrected chi connectivity index (χ4v) is 5.05. The predicted molar refractivity (Wildman–Crippen MR) is 178 cm³/mol. The number of nitrogens with two attached hydrogens (primary N) is 1. The van der Waals surface area contributed by atoms with Gasteiger partial charge in [-0.15, -0.1) is 0 Å². The van der Waals surface area contributed by atoms with Crippen molar-refractivity contribution in [1.29, 1.82) is 0 Å². The number of aliphatic hydroxyl groups excluding tert-OH is 1. The van der Waals surface area contributed by atoms with Crippen molar-refractivity contribution in [2.75, 3.05) is 6.54 Å². The quantitative estimate of drug-likeness (QED) is 0.159. The second-order valence-electron chi connectivity index (χ2n) is 12.6. The average molecular weight is 659 g/mol. The number of aliphatic hydroxyl groups is 1. The molecule has 0 bridgehead atoms. The molecule has 1 unspecified atom stereocenters. The van der Waals surface area contributed by atoms with Crippen LogP contribution in [0.3, 0.4) is 0 Å². The van der Waals surface area contributed by atoms with Gasteiger partial charge in [-0.3, -0.25) is 14.6 Å². The molecule has 2 amide bonds. The van der Waals surface area contributed by atoms with E-state index < -0.39 is 53.2 Å². The maximum atomic E-state index is 14.4. The summed E-state index contributed by atoms with van der Waals surface area (Å²) in [7, 11) is 0. The Balaban J connectivity index is 1.35. The average Bonchev–Trinajstić information content (AvgIpc) is 3.04. The Morgan fingerprint density at radius 1 is 0.917 bits per heavy atom. The van der Waals surface area contributed by atoms with Crippen molar-refractivity contribution in [2.24, 2.45) is 5.73 Å². The van der Waals surface area contributed by atoms with Gasteiger partial charge in [0, 0.05) is 37.0 Å². The molecule has 5 N–H and O–H groups in total. The van der Waals surface area contributed by atoms with E-state index in [-0.39, 0.29) is 36.9 Å². The van der Waals surface area contributed by atoms with E-state index in [1.54, 1.807) is 51.4 Å². The van der Waals surface area contributed by atoms with Crippen molar-refractivity contribution in [3.05, 3.63) is 125 Å². The number of hydrogen-bond acceptors (Lipinski definition) is 7. The molecule has 0 aliphatic carbocycles. The molecular weight excluding hydrogens is 618 g/mol. The first kappa shape index (κ1) is 35.8. The molecule has 9 nitrogen and oxygen atoms in total. The Morgan fingerprint density at radius 3 is 2.35 bits per heavy atom. The maximum absolute atomic E-state index is 14.4. The Kier molecular flexibility index (Phi) is 12.1. The minimum Gasteiger partial charge on any atom is -0.444 e. The number of carbonyl (C=O) groups is 3. The minimum atomic E-state index is -1.43. The van der Waals surface area contributed by atoms with Crippen LogP contribution in [0.5, 0.6) is 0 Å². The third kappa shape index (κ3) is 10.8. The zero-order chi connectivity index (χ0) is 34.8. The zero-order valence-electron chi connectivity index (χ0n) is 27.1. The summed E-state index contributed by atoms with van der Waals surface area (Å²) < 4.78 is 33.5. The molecule has 0 aliphatic heterocycles. The lowest BCUT2D eigenvalue weighted by Crippen LogP contribution is -2.46. The Bertz CT molecular complexity index is 1710. The van der Waals surface area contributed by atoms with Gasteiger partial charge in [0.25, 0.3) is 5.91 Å². The number of carbonyl (C=O) groups excluding carboxylic acids is 3. The molecule has 0 spiro atoms. The fourth-order valence-electron chi connectivity index (χ4n) is 5.05. The molecule has 3 atom stereocenters. The van der Waals surface area contributed by atoms with E-state index in [0.29, 0.717) is 5.56 Å². The van der Waals surface area contributed by atoms with Crippen LogP contribution in [0, 0.1) is 11.6 Å². The lowest BCUT2D eigenvalue weighted by Gasteiger charge is -2.24.